The van der Waals surface area contributed by atoms with Crippen LogP contribution in [0.15, 0.2) is 24.3 Å². The lowest BCUT2D eigenvalue weighted by atomic mass is 10.2. The van der Waals surface area contributed by atoms with E-state index in [0.717, 1.165) is 12.3 Å². The number of aliphatic hydroxyl groups is 1. The summed E-state index contributed by atoms with van der Waals surface area (Å²) in [5.41, 5.74) is 1.20. The molecule has 1 unspecified atom stereocenters. The summed E-state index contributed by atoms with van der Waals surface area (Å²) < 4.78 is 5.21. The Bertz CT molecular complexity index is 393. The van der Waals surface area contributed by atoms with Crippen molar-refractivity contribution >= 4 is 0 Å². The maximum absolute atomic E-state index is 9.95. The molecule has 1 saturated carbocycles. The first kappa shape index (κ1) is 14.3. The molecule has 1 aromatic carbocycles. The normalized spacial score (nSPS) is 16.6. The molecule has 0 heterocycles. The summed E-state index contributed by atoms with van der Waals surface area (Å²) in [4.78, 5) is 2.13. The van der Waals surface area contributed by atoms with Gasteiger partial charge in [-0.05, 0) is 37.6 Å². The summed E-state index contributed by atoms with van der Waals surface area (Å²) in [7, 11) is 3.70. The van der Waals surface area contributed by atoms with E-state index in [4.69, 9.17) is 4.74 Å². The van der Waals surface area contributed by atoms with Crippen molar-refractivity contribution in [2.45, 2.75) is 31.5 Å². The van der Waals surface area contributed by atoms with E-state index in [9.17, 15) is 5.11 Å². The smallest absolute Gasteiger partial charge is 0.119 e. The lowest BCUT2D eigenvalue weighted by molar-refractivity contribution is 0.121. The topological polar surface area (TPSA) is 44.7 Å². The van der Waals surface area contributed by atoms with E-state index < -0.39 is 0 Å². The molecule has 2 N–H and O–H groups in total. The van der Waals surface area contributed by atoms with Gasteiger partial charge in [-0.1, -0.05) is 12.1 Å². The van der Waals surface area contributed by atoms with E-state index in [0.29, 0.717) is 19.1 Å². The molecule has 0 bridgehead atoms. The Morgan fingerprint density at radius 1 is 1.47 bits per heavy atom. The number of hydrogen-bond acceptors (Lipinski definition) is 4. The molecule has 0 aromatic heterocycles. The highest BCUT2D eigenvalue weighted by Crippen LogP contribution is 2.18. The molecule has 1 aliphatic rings. The van der Waals surface area contributed by atoms with Gasteiger partial charge in [0, 0.05) is 25.7 Å². The van der Waals surface area contributed by atoms with Gasteiger partial charge in [0.25, 0.3) is 0 Å². The fourth-order valence-corrected chi connectivity index (χ4v) is 2.16. The Morgan fingerprint density at radius 3 is 2.95 bits per heavy atom. The highest BCUT2D eigenvalue weighted by molar-refractivity contribution is 5.28. The van der Waals surface area contributed by atoms with Crippen LogP contribution in [0, 0.1) is 0 Å². The first-order chi connectivity index (χ1) is 9.17. The summed E-state index contributed by atoms with van der Waals surface area (Å²) in [6.07, 6.45) is 2.20. The van der Waals surface area contributed by atoms with Gasteiger partial charge in [-0.2, -0.15) is 0 Å². The van der Waals surface area contributed by atoms with Crippen molar-refractivity contribution in [3.05, 3.63) is 29.8 Å². The number of benzene rings is 1. The molecule has 0 radical (unpaired) electrons. The quantitative estimate of drug-likeness (QED) is 0.741. The van der Waals surface area contributed by atoms with Crippen LogP contribution in [0.25, 0.3) is 0 Å². The zero-order chi connectivity index (χ0) is 13.7. The summed E-state index contributed by atoms with van der Waals surface area (Å²) in [5.74, 6) is 0.877. The number of aliphatic hydroxyl groups excluding tert-OH is 1. The largest absolute Gasteiger partial charge is 0.497 e. The van der Waals surface area contributed by atoms with Crippen LogP contribution in [0.5, 0.6) is 5.75 Å². The number of likely N-dealkylation sites (N-methyl/N-ethyl adjacent to an activating group) is 1. The third-order valence-corrected chi connectivity index (χ3v) is 3.33. The molecule has 106 valence electrons. The molecule has 2 rings (SSSR count). The fraction of sp³-hybridized carbons (Fsp3) is 0.600. The zero-order valence-corrected chi connectivity index (χ0v) is 11.8. The Kier molecular flexibility index (Phi) is 5.19. The van der Waals surface area contributed by atoms with E-state index >= 15 is 0 Å². The molecule has 19 heavy (non-hydrogen) atoms. The average molecular weight is 264 g/mol. The maximum Gasteiger partial charge on any atom is 0.119 e. The number of hydrogen-bond donors (Lipinski definition) is 2. The lowest BCUT2D eigenvalue weighted by Gasteiger charge is -2.21. The van der Waals surface area contributed by atoms with Crippen molar-refractivity contribution in [3.63, 3.8) is 0 Å². The van der Waals surface area contributed by atoms with Crippen molar-refractivity contribution in [1.29, 1.82) is 0 Å². The molecule has 4 nitrogen and oxygen atoms in total. The van der Waals surface area contributed by atoms with Gasteiger partial charge in [-0.15, -0.1) is 0 Å². The second kappa shape index (κ2) is 6.89. The van der Waals surface area contributed by atoms with Crippen molar-refractivity contribution in [3.8, 4) is 5.75 Å². The van der Waals surface area contributed by atoms with E-state index in [1.807, 2.05) is 25.2 Å². The van der Waals surface area contributed by atoms with Gasteiger partial charge in [0.1, 0.15) is 5.75 Å². The SMILES string of the molecule is COc1cccc(CN(C)CC(O)CNC2CC2)c1. The summed E-state index contributed by atoms with van der Waals surface area (Å²) in [6.45, 7) is 2.18. The van der Waals surface area contributed by atoms with E-state index in [1.54, 1.807) is 7.11 Å². The Balaban J connectivity index is 1.73. The van der Waals surface area contributed by atoms with Gasteiger partial charge in [0.15, 0.2) is 0 Å². The fourth-order valence-electron chi connectivity index (χ4n) is 2.16. The van der Waals surface area contributed by atoms with Crippen LogP contribution in [-0.4, -0.2) is 49.4 Å². The van der Waals surface area contributed by atoms with Crippen LogP contribution in [-0.2, 0) is 6.54 Å². The van der Waals surface area contributed by atoms with Gasteiger partial charge in [0.2, 0.25) is 0 Å². The van der Waals surface area contributed by atoms with Crippen LogP contribution in [0.2, 0.25) is 0 Å². The van der Waals surface area contributed by atoms with Crippen LogP contribution in [0.3, 0.4) is 0 Å². The summed E-state index contributed by atoms with van der Waals surface area (Å²) in [6, 6.07) is 8.70. The van der Waals surface area contributed by atoms with E-state index in [1.165, 1.54) is 18.4 Å². The predicted octanol–water partition coefficient (Wildman–Crippen LogP) is 1.24. The van der Waals surface area contributed by atoms with Crippen LogP contribution in [0.4, 0.5) is 0 Å². The summed E-state index contributed by atoms with van der Waals surface area (Å²) >= 11 is 0. The minimum Gasteiger partial charge on any atom is -0.497 e. The van der Waals surface area contributed by atoms with Crippen molar-refractivity contribution in [2.24, 2.45) is 0 Å². The van der Waals surface area contributed by atoms with Gasteiger partial charge >= 0.3 is 0 Å². The Labute approximate surface area is 115 Å². The minimum atomic E-state index is -0.309. The molecule has 0 aliphatic heterocycles. The van der Waals surface area contributed by atoms with Gasteiger partial charge < -0.3 is 15.2 Å². The molecule has 4 heteroatoms. The number of methoxy groups -OCH3 is 1. The first-order valence-corrected chi connectivity index (χ1v) is 6.90. The molecule has 0 saturated heterocycles. The third-order valence-electron chi connectivity index (χ3n) is 3.33. The molecule has 0 spiro atoms. The van der Waals surface area contributed by atoms with Gasteiger partial charge in [-0.25, -0.2) is 0 Å². The lowest BCUT2D eigenvalue weighted by Crippen LogP contribution is -2.37. The second-order valence-corrected chi connectivity index (χ2v) is 5.38. The van der Waals surface area contributed by atoms with Gasteiger partial charge in [0.05, 0.1) is 13.2 Å². The van der Waals surface area contributed by atoms with Crippen molar-refractivity contribution in [1.82, 2.24) is 10.2 Å². The van der Waals surface area contributed by atoms with Gasteiger partial charge in [-0.3, -0.25) is 4.90 Å². The van der Waals surface area contributed by atoms with Crippen molar-refractivity contribution < 1.29 is 9.84 Å². The number of nitrogens with one attached hydrogen (secondary N) is 1. The highest BCUT2D eigenvalue weighted by Gasteiger charge is 2.21. The molecular weight excluding hydrogens is 240 g/mol. The molecular formula is C15H24N2O2. The number of ether oxygens (including phenoxy) is 1. The Morgan fingerprint density at radius 2 is 2.26 bits per heavy atom. The average Bonchev–Trinajstić information content (AvgIpc) is 3.20. The number of rotatable bonds is 8. The second-order valence-electron chi connectivity index (χ2n) is 5.38. The monoisotopic (exact) mass is 264 g/mol. The number of nitrogens with zero attached hydrogens (tertiary/aromatic N) is 1. The molecule has 1 atom stereocenters. The standard InChI is InChI=1S/C15H24N2O2/c1-17(11-14(18)9-16-13-6-7-13)10-12-4-3-5-15(8-12)19-2/h3-5,8,13-14,16,18H,6-7,9-11H2,1-2H3. The first-order valence-electron chi connectivity index (χ1n) is 6.90. The minimum absolute atomic E-state index is 0.309. The van der Waals surface area contributed by atoms with Crippen LogP contribution < -0.4 is 10.1 Å². The predicted molar refractivity (Wildman–Crippen MR) is 76.4 cm³/mol. The molecule has 1 aromatic rings. The molecule has 1 fully saturated rings. The maximum atomic E-state index is 9.95. The van der Waals surface area contributed by atoms with Crippen LogP contribution >= 0.6 is 0 Å². The Hall–Kier alpha value is -1.10. The summed E-state index contributed by atoms with van der Waals surface area (Å²) in [5, 5.41) is 13.3. The molecule has 1 aliphatic carbocycles. The third kappa shape index (κ3) is 5.19. The zero-order valence-electron chi connectivity index (χ0n) is 11.8. The van der Waals surface area contributed by atoms with E-state index in [-0.39, 0.29) is 6.10 Å². The highest BCUT2D eigenvalue weighted by atomic mass is 16.5. The molecule has 0 amide bonds. The van der Waals surface area contributed by atoms with Crippen LogP contribution in [0.1, 0.15) is 18.4 Å². The van der Waals surface area contributed by atoms with E-state index in [2.05, 4.69) is 16.3 Å². The van der Waals surface area contributed by atoms with Crippen molar-refractivity contribution in [2.75, 3.05) is 27.2 Å².